The highest BCUT2D eigenvalue weighted by Gasteiger charge is 2.41. The molecule has 21 heavy (non-hydrogen) atoms. The van der Waals surface area contributed by atoms with Gasteiger partial charge in [-0.2, -0.15) is 0 Å². The quantitative estimate of drug-likeness (QED) is 0.839. The van der Waals surface area contributed by atoms with Gasteiger partial charge in [0, 0.05) is 36.9 Å². The van der Waals surface area contributed by atoms with Crippen molar-refractivity contribution in [1.29, 1.82) is 0 Å². The Kier molecular flexibility index (Phi) is 5.82. The zero-order chi connectivity index (χ0) is 15.3. The number of aromatic nitrogens is 2. The Morgan fingerprint density at radius 2 is 2.05 bits per heavy atom. The molecule has 1 heterocycles. The van der Waals surface area contributed by atoms with Gasteiger partial charge in [-0.3, -0.25) is 0 Å². The van der Waals surface area contributed by atoms with Crippen molar-refractivity contribution in [2.24, 2.45) is 0 Å². The molecule has 1 aromatic rings. The van der Waals surface area contributed by atoms with Crippen molar-refractivity contribution in [1.82, 2.24) is 19.8 Å². The first-order valence-electron chi connectivity index (χ1n) is 8.48. The second-order valence-electron chi connectivity index (χ2n) is 6.64. The molecule has 4 nitrogen and oxygen atoms in total. The van der Waals surface area contributed by atoms with Crippen LogP contribution in [-0.2, 0) is 13.0 Å². The minimum atomic E-state index is 0.274. The molecular weight excluding hydrogens is 260 g/mol. The van der Waals surface area contributed by atoms with E-state index in [-0.39, 0.29) is 5.54 Å². The molecule has 1 fully saturated rings. The van der Waals surface area contributed by atoms with Crippen molar-refractivity contribution in [3.8, 4) is 0 Å². The maximum absolute atomic E-state index is 4.61. The molecule has 0 spiro atoms. The topological polar surface area (TPSA) is 33.1 Å². The van der Waals surface area contributed by atoms with Gasteiger partial charge in [-0.05, 0) is 40.4 Å². The Morgan fingerprint density at radius 1 is 1.33 bits per heavy atom. The molecule has 0 aromatic carbocycles. The Balaban J connectivity index is 2.18. The Bertz CT molecular complexity index is 418. The van der Waals surface area contributed by atoms with Crippen molar-refractivity contribution >= 4 is 0 Å². The van der Waals surface area contributed by atoms with Crippen LogP contribution < -0.4 is 5.32 Å². The van der Waals surface area contributed by atoms with Crippen LogP contribution in [0.25, 0.3) is 0 Å². The van der Waals surface area contributed by atoms with E-state index in [1.54, 1.807) is 0 Å². The molecule has 0 aliphatic heterocycles. The van der Waals surface area contributed by atoms with Crippen LogP contribution in [0.4, 0.5) is 0 Å². The number of hydrogen-bond acceptors (Lipinski definition) is 3. The van der Waals surface area contributed by atoms with Gasteiger partial charge in [0.05, 0.1) is 0 Å². The van der Waals surface area contributed by atoms with E-state index in [0.29, 0.717) is 6.04 Å². The van der Waals surface area contributed by atoms with Gasteiger partial charge in [0.25, 0.3) is 0 Å². The van der Waals surface area contributed by atoms with Crippen LogP contribution >= 0.6 is 0 Å². The fourth-order valence-electron chi connectivity index (χ4n) is 3.99. The number of imidazole rings is 1. The third kappa shape index (κ3) is 3.49. The lowest BCUT2D eigenvalue weighted by molar-refractivity contribution is 0.0588. The van der Waals surface area contributed by atoms with Crippen molar-refractivity contribution in [2.75, 3.05) is 21.1 Å². The predicted octanol–water partition coefficient (Wildman–Crippen LogP) is 2.69. The largest absolute Gasteiger partial charge is 0.335 e. The number of rotatable bonds is 7. The summed E-state index contributed by atoms with van der Waals surface area (Å²) in [7, 11) is 6.60. The zero-order valence-corrected chi connectivity index (χ0v) is 14.2. The fourth-order valence-corrected chi connectivity index (χ4v) is 3.99. The van der Waals surface area contributed by atoms with Crippen LogP contribution in [0, 0.1) is 0 Å². The molecule has 1 N–H and O–H groups in total. The van der Waals surface area contributed by atoms with E-state index in [1.165, 1.54) is 37.9 Å². The lowest BCUT2D eigenvalue weighted by Gasteiger charge is -2.48. The van der Waals surface area contributed by atoms with Crippen LogP contribution in [0.2, 0.25) is 0 Å². The van der Waals surface area contributed by atoms with Crippen LogP contribution in [-0.4, -0.2) is 47.2 Å². The van der Waals surface area contributed by atoms with Gasteiger partial charge in [-0.1, -0.05) is 26.2 Å². The monoisotopic (exact) mass is 292 g/mol. The number of aryl methyl sites for hydroxylation is 1. The molecule has 0 amide bonds. The molecule has 1 unspecified atom stereocenters. The molecule has 0 saturated heterocycles. The molecule has 4 heteroatoms. The average Bonchev–Trinajstić information content (AvgIpc) is 2.93. The zero-order valence-electron chi connectivity index (χ0n) is 14.2. The van der Waals surface area contributed by atoms with E-state index in [0.717, 1.165) is 19.4 Å². The highest BCUT2D eigenvalue weighted by Crippen LogP contribution is 2.36. The standard InChI is InChI=1S/C17H32N4/c1-5-12-21-13-11-19-16(21)14-15(18-2)17(20(3)4)9-7-6-8-10-17/h11,13,15,18H,5-10,12,14H2,1-4H3. The van der Waals surface area contributed by atoms with E-state index in [2.05, 4.69) is 54.0 Å². The van der Waals surface area contributed by atoms with E-state index in [1.807, 2.05) is 6.20 Å². The first-order chi connectivity index (χ1) is 10.1. The summed E-state index contributed by atoms with van der Waals surface area (Å²) in [6.45, 7) is 3.29. The molecule has 120 valence electrons. The fraction of sp³-hybridized carbons (Fsp3) is 0.824. The van der Waals surface area contributed by atoms with Crippen LogP contribution in [0.15, 0.2) is 12.4 Å². The van der Waals surface area contributed by atoms with E-state index < -0.39 is 0 Å². The van der Waals surface area contributed by atoms with E-state index in [9.17, 15) is 0 Å². The highest BCUT2D eigenvalue weighted by atomic mass is 15.2. The third-order valence-corrected chi connectivity index (χ3v) is 5.26. The third-order valence-electron chi connectivity index (χ3n) is 5.26. The van der Waals surface area contributed by atoms with Crippen LogP contribution in [0.5, 0.6) is 0 Å². The van der Waals surface area contributed by atoms with Gasteiger partial charge >= 0.3 is 0 Å². The van der Waals surface area contributed by atoms with Crippen LogP contribution in [0.1, 0.15) is 51.3 Å². The summed E-state index contributed by atoms with van der Waals surface area (Å²) in [6.07, 6.45) is 12.9. The molecule has 1 atom stereocenters. The lowest BCUT2D eigenvalue weighted by Crippen LogP contribution is -2.60. The van der Waals surface area contributed by atoms with Gasteiger partial charge in [-0.15, -0.1) is 0 Å². The molecule has 1 aliphatic carbocycles. The van der Waals surface area contributed by atoms with Gasteiger partial charge in [0.1, 0.15) is 5.82 Å². The normalized spacial score (nSPS) is 19.9. The molecule has 2 rings (SSSR count). The second-order valence-corrected chi connectivity index (χ2v) is 6.64. The van der Waals surface area contributed by atoms with Crippen molar-refractivity contribution in [3.05, 3.63) is 18.2 Å². The summed E-state index contributed by atoms with van der Waals surface area (Å²) in [5, 5.41) is 3.61. The first kappa shape index (κ1) is 16.5. The Labute approximate surface area is 129 Å². The van der Waals surface area contributed by atoms with Crippen LogP contribution in [0.3, 0.4) is 0 Å². The maximum atomic E-state index is 4.61. The number of nitrogens with zero attached hydrogens (tertiary/aromatic N) is 3. The molecular formula is C17H32N4. The summed E-state index contributed by atoms with van der Waals surface area (Å²) in [5.41, 5.74) is 0.274. The molecule has 0 radical (unpaired) electrons. The summed E-state index contributed by atoms with van der Waals surface area (Å²) < 4.78 is 2.32. The predicted molar refractivity (Wildman–Crippen MR) is 88.6 cm³/mol. The van der Waals surface area contributed by atoms with Crippen molar-refractivity contribution in [3.63, 3.8) is 0 Å². The van der Waals surface area contributed by atoms with E-state index in [4.69, 9.17) is 0 Å². The van der Waals surface area contributed by atoms with Gasteiger partial charge in [0.2, 0.25) is 0 Å². The van der Waals surface area contributed by atoms with Crippen molar-refractivity contribution < 1.29 is 0 Å². The highest BCUT2D eigenvalue weighted by molar-refractivity contribution is 5.06. The Hall–Kier alpha value is -0.870. The summed E-state index contributed by atoms with van der Waals surface area (Å²) in [5.74, 6) is 1.22. The molecule has 1 aliphatic rings. The minimum Gasteiger partial charge on any atom is -0.335 e. The first-order valence-corrected chi connectivity index (χ1v) is 8.48. The lowest BCUT2D eigenvalue weighted by atomic mass is 9.74. The molecule has 0 bridgehead atoms. The average molecular weight is 292 g/mol. The molecule has 1 saturated carbocycles. The summed E-state index contributed by atoms with van der Waals surface area (Å²) in [6, 6.07) is 0.464. The van der Waals surface area contributed by atoms with Gasteiger partial charge in [-0.25, -0.2) is 4.98 Å². The van der Waals surface area contributed by atoms with Crippen molar-refractivity contribution in [2.45, 2.75) is 70.0 Å². The van der Waals surface area contributed by atoms with E-state index >= 15 is 0 Å². The summed E-state index contributed by atoms with van der Waals surface area (Å²) >= 11 is 0. The number of likely N-dealkylation sites (N-methyl/N-ethyl adjacent to an activating group) is 2. The minimum absolute atomic E-state index is 0.274. The second kappa shape index (κ2) is 7.41. The number of nitrogens with one attached hydrogen (secondary N) is 1. The van der Waals surface area contributed by atoms with Gasteiger partial charge in [0.15, 0.2) is 0 Å². The maximum Gasteiger partial charge on any atom is 0.110 e. The SMILES string of the molecule is CCCn1ccnc1CC(NC)C1(N(C)C)CCCCC1. The van der Waals surface area contributed by atoms with Gasteiger partial charge < -0.3 is 14.8 Å². The Morgan fingerprint density at radius 3 is 2.62 bits per heavy atom. The molecule has 1 aromatic heterocycles. The number of hydrogen-bond donors (Lipinski definition) is 1. The summed E-state index contributed by atoms with van der Waals surface area (Å²) in [4.78, 5) is 7.07. The smallest absolute Gasteiger partial charge is 0.110 e.